The summed E-state index contributed by atoms with van der Waals surface area (Å²) in [4.78, 5) is 24.1. The summed E-state index contributed by atoms with van der Waals surface area (Å²) in [6.45, 7) is 3.40. The molecule has 2 aromatic rings. The number of rotatable bonds is 7. The van der Waals surface area contributed by atoms with E-state index >= 15 is 0 Å². The van der Waals surface area contributed by atoms with Crippen molar-refractivity contribution in [3.05, 3.63) is 60.2 Å². The summed E-state index contributed by atoms with van der Waals surface area (Å²) in [6, 6.07) is 18.3. The lowest BCUT2D eigenvalue weighted by atomic mass is 10.2. The molecule has 1 heterocycles. The van der Waals surface area contributed by atoms with Crippen molar-refractivity contribution >= 4 is 29.4 Å². The van der Waals surface area contributed by atoms with Gasteiger partial charge in [-0.15, -0.1) is 0 Å². The molecule has 0 aliphatic carbocycles. The first-order valence-corrected chi connectivity index (χ1v) is 10.1. The molecule has 0 bridgehead atoms. The molecule has 1 aliphatic rings. The van der Waals surface area contributed by atoms with E-state index in [4.69, 9.17) is 10.5 Å². The first kappa shape index (κ1) is 20.0. The van der Waals surface area contributed by atoms with Crippen molar-refractivity contribution in [3.63, 3.8) is 0 Å². The number of carbonyl (C=O) groups is 2. The van der Waals surface area contributed by atoms with E-state index in [2.05, 4.69) is 39.2 Å². The van der Waals surface area contributed by atoms with Gasteiger partial charge in [0.2, 0.25) is 0 Å². The van der Waals surface area contributed by atoms with Crippen LogP contribution in [0.25, 0.3) is 0 Å². The van der Waals surface area contributed by atoms with Crippen LogP contribution in [0.2, 0.25) is 0 Å². The Balaban J connectivity index is 1.43. The fourth-order valence-electron chi connectivity index (χ4n) is 2.92. The number of nitrogens with two attached hydrogens (primary N) is 1. The van der Waals surface area contributed by atoms with Crippen molar-refractivity contribution in [3.8, 4) is 5.75 Å². The van der Waals surface area contributed by atoms with Gasteiger partial charge in [0.1, 0.15) is 12.4 Å². The van der Waals surface area contributed by atoms with Crippen LogP contribution in [0.3, 0.4) is 0 Å². The molecule has 0 aromatic heterocycles. The number of anilines is 1. The smallest absolute Gasteiger partial charge is 0.318 e. The van der Waals surface area contributed by atoms with Crippen molar-refractivity contribution in [1.82, 2.24) is 10.0 Å². The van der Waals surface area contributed by atoms with Gasteiger partial charge in [-0.2, -0.15) is 0 Å². The van der Waals surface area contributed by atoms with Gasteiger partial charge in [0, 0.05) is 31.1 Å². The Bertz CT molecular complexity index is 786. The van der Waals surface area contributed by atoms with E-state index in [1.165, 1.54) is 5.69 Å². The molecule has 7 nitrogen and oxygen atoms in total. The maximum absolute atomic E-state index is 11.1. The van der Waals surface area contributed by atoms with E-state index in [-0.39, 0.29) is 6.04 Å². The summed E-state index contributed by atoms with van der Waals surface area (Å²) in [5.74, 6) is -0.448. The quantitative estimate of drug-likeness (QED) is 0.479. The van der Waals surface area contributed by atoms with Gasteiger partial charge in [-0.25, -0.2) is 0 Å². The average Bonchev–Trinajstić information content (AvgIpc) is 2.74. The van der Waals surface area contributed by atoms with E-state index in [0.717, 1.165) is 42.9 Å². The Morgan fingerprint density at radius 1 is 1.18 bits per heavy atom. The number of nitrogens with zero attached hydrogens (tertiary/aromatic N) is 1. The normalized spacial score (nSPS) is 16.4. The Labute approximate surface area is 168 Å². The molecule has 0 spiro atoms. The maximum atomic E-state index is 11.1. The Hall–Kier alpha value is -2.71. The van der Waals surface area contributed by atoms with E-state index < -0.39 is 11.8 Å². The summed E-state index contributed by atoms with van der Waals surface area (Å²) < 4.78 is 8.32. The highest BCUT2D eigenvalue weighted by molar-refractivity contribution is 7.97. The molecule has 1 saturated heterocycles. The molecule has 0 radical (unpaired) electrons. The second-order valence-corrected chi connectivity index (χ2v) is 7.25. The van der Waals surface area contributed by atoms with Crippen LogP contribution in [-0.4, -0.2) is 44.1 Å². The highest BCUT2D eigenvalue weighted by Gasteiger charge is 2.20. The lowest BCUT2D eigenvalue weighted by Gasteiger charge is -2.35. The minimum absolute atomic E-state index is 0.258. The zero-order chi connectivity index (χ0) is 19.8. The SMILES string of the molecule is NC(=O)C(=O)NSCc1ccc(OCC2CN(c3ccccc3)CCN2)cc1. The summed E-state index contributed by atoms with van der Waals surface area (Å²) in [5, 5.41) is 3.50. The highest BCUT2D eigenvalue weighted by Crippen LogP contribution is 2.18. The number of piperazine rings is 1. The van der Waals surface area contributed by atoms with Crippen LogP contribution in [0, 0.1) is 0 Å². The lowest BCUT2D eigenvalue weighted by molar-refractivity contribution is -0.136. The number of hydrogen-bond donors (Lipinski definition) is 3. The fraction of sp³-hybridized carbons (Fsp3) is 0.300. The number of primary amides is 1. The molecule has 148 valence electrons. The summed E-state index contributed by atoms with van der Waals surface area (Å²) in [6.07, 6.45) is 0. The van der Waals surface area contributed by atoms with Crippen molar-refractivity contribution in [2.24, 2.45) is 5.73 Å². The molecule has 8 heteroatoms. The minimum atomic E-state index is -0.988. The number of para-hydroxylation sites is 1. The maximum Gasteiger partial charge on any atom is 0.318 e. The summed E-state index contributed by atoms with van der Waals surface area (Å²) in [5.41, 5.74) is 7.13. The predicted octanol–water partition coefficient (Wildman–Crippen LogP) is 1.29. The number of hydrogen-bond acceptors (Lipinski definition) is 6. The summed E-state index contributed by atoms with van der Waals surface area (Å²) >= 11 is 1.13. The predicted molar refractivity (Wildman–Crippen MR) is 111 cm³/mol. The first-order chi connectivity index (χ1) is 13.6. The second kappa shape index (κ2) is 10.0. The van der Waals surface area contributed by atoms with Crippen LogP contribution in [0.5, 0.6) is 5.75 Å². The van der Waals surface area contributed by atoms with E-state index in [0.29, 0.717) is 12.4 Å². The number of ether oxygens (including phenoxy) is 1. The molecule has 1 atom stereocenters. The summed E-state index contributed by atoms with van der Waals surface area (Å²) in [7, 11) is 0. The Kier molecular flexibility index (Phi) is 7.16. The molecule has 4 N–H and O–H groups in total. The number of amides is 2. The lowest BCUT2D eigenvalue weighted by Crippen LogP contribution is -2.53. The molecule has 1 aliphatic heterocycles. The fourth-order valence-corrected chi connectivity index (χ4v) is 3.59. The van der Waals surface area contributed by atoms with Gasteiger partial charge in [0.25, 0.3) is 0 Å². The van der Waals surface area contributed by atoms with Crippen LogP contribution in [0.15, 0.2) is 54.6 Å². The number of nitrogens with one attached hydrogen (secondary N) is 2. The van der Waals surface area contributed by atoms with Crippen molar-refractivity contribution in [2.45, 2.75) is 11.8 Å². The van der Waals surface area contributed by atoms with Crippen LogP contribution in [0.4, 0.5) is 5.69 Å². The topological polar surface area (TPSA) is 96.7 Å². The molecule has 2 amide bonds. The van der Waals surface area contributed by atoms with Crippen LogP contribution in [0.1, 0.15) is 5.56 Å². The minimum Gasteiger partial charge on any atom is -0.492 e. The second-order valence-electron chi connectivity index (χ2n) is 6.47. The Morgan fingerprint density at radius 3 is 2.64 bits per heavy atom. The van der Waals surface area contributed by atoms with Gasteiger partial charge in [-0.3, -0.25) is 14.3 Å². The third-order valence-corrected chi connectivity index (χ3v) is 5.19. The molecule has 3 rings (SSSR count). The van der Waals surface area contributed by atoms with Gasteiger partial charge < -0.3 is 20.7 Å². The molecule has 1 fully saturated rings. The molecule has 1 unspecified atom stereocenters. The molecule has 0 saturated carbocycles. The van der Waals surface area contributed by atoms with Crippen molar-refractivity contribution < 1.29 is 14.3 Å². The molecule has 28 heavy (non-hydrogen) atoms. The molecule has 2 aromatic carbocycles. The average molecular weight is 401 g/mol. The third kappa shape index (κ3) is 5.90. The van der Waals surface area contributed by atoms with Gasteiger partial charge >= 0.3 is 11.8 Å². The largest absolute Gasteiger partial charge is 0.492 e. The van der Waals surface area contributed by atoms with Gasteiger partial charge in [-0.05, 0) is 41.8 Å². The zero-order valence-electron chi connectivity index (χ0n) is 15.5. The zero-order valence-corrected chi connectivity index (χ0v) is 16.3. The van der Waals surface area contributed by atoms with Crippen molar-refractivity contribution in [1.29, 1.82) is 0 Å². The van der Waals surface area contributed by atoms with Crippen LogP contribution < -0.4 is 25.4 Å². The van der Waals surface area contributed by atoms with Crippen LogP contribution >= 0.6 is 11.9 Å². The van der Waals surface area contributed by atoms with Gasteiger partial charge in [0.05, 0.1) is 6.04 Å². The van der Waals surface area contributed by atoms with E-state index in [1.807, 2.05) is 30.3 Å². The van der Waals surface area contributed by atoms with Crippen molar-refractivity contribution in [2.75, 3.05) is 31.1 Å². The van der Waals surface area contributed by atoms with E-state index in [9.17, 15) is 9.59 Å². The molecular formula is C20H24N4O3S. The monoisotopic (exact) mass is 400 g/mol. The van der Waals surface area contributed by atoms with Gasteiger partial charge in [0.15, 0.2) is 0 Å². The van der Waals surface area contributed by atoms with Crippen LogP contribution in [-0.2, 0) is 15.3 Å². The standard InChI is InChI=1S/C20H24N4O3S/c21-19(25)20(26)23-28-14-15-6-8-18(9-7-15)27-13-16-12-24(11-10-22-16)17-4-2-1-3-5-17/h1-9,16,22H,10-14H2,(H2,21,25)(H,23,26). The number of benzene rings is 2. The van der Waals surface area contributed by atoms with E-state index in [1.54, 1.807) is 0 Å². The third-order valence-electron chi connectivity index (χ3n) is 4.38. The van der Waals surface area contributed by atoms with Gasteiger partial charge in [-0.1, -0.05) is 30.3 Å². The molecular weight excluding hydrogens is 376 g/mol. The highest BCUT2D eigenvalue weighted by atomic mass is 32.2. The Morgan fingerprint density at radius 2 is 1.93 bits per heavy atom. The first-order valence-electron chi connectivity index (χ1n) is 9.08. The number of carbonyl (C=O) groups excluding carboxylic acids is 2.